The van der Waals surface area contributed by atoms with Crippen LogP contribution in [0.15, 0.2) is 11.3 Å². The Bertz CT molecular complexity index is 186. The van der Waals surface area contributed by atoms with Gasteiger partial charge in [-0.2, -0.15) is 0 Å². The number of hydrogen-bond acceptors (Lipinski definition) is 0. The van der Waals surface area contributed by atoms with Gasteiger partial charge in [0, 0.05) is 0 Å². The zero-order valence-corrected chi connectivity index (χ0v) is 13.2. The summed E-state index contributed by atoms with van der Waals surface area (Å²) < 4.78 is 0. The molecule has 0 aliphatic carbocycles. The molecule has 0 aromatic heterocycles. The Morgan fingerprint density at radius 3 is 1.94 bits per heavy atom. The average molecular weight is 241 g/mol. The van der Waals surface area contributed by atoms with Gasteiger partial charge in [-0.05, 0) is 25.7 Å². The lowest BCUT2D eigenvalue weighted by Crippen LogP contribution is -2.24. The lowest BCUT2D eigenvalue weighted by Gasteiger charge is -2.21. The monoisotopic (exact) mass is 240 g/mol. The molecule has 0 amide bonds. The van der Waals surface area contributed by atoms with Gasteiger partial charge in [0.25, 0.3) is 0 Å². The Morgan fingerprint density at radius 2 is 1.44 bits per heavy atom. The third-order valence-corrected chi connectivity index (χ3v) is 5.59. The highest BCUT2D eigenvalue weighted by Gasteiger charge is 2.18. The zero-order valence-electron chi connectivity index (χ0n) is 12.2. The Hall–Kier alpha value is -0.0431. The predicted octanol–water partition coefficient (Wildman–Crippen LogP) is 5.95. The Kier molecular flexibility index (Phi) is 9.01. The molecule has 0 unspecified atom stereocenters. The van der Waals surface area contributed by atoms with E-state index in [1.165, 1.54) is 51.4 Å². The van der Waals surface area contributed by atoms with Crippen molar-refractivity contribution in [3.63, 3.8) is 0 Å². The van der Waals surface area contributed by atoms with Crippen LogP contribution in [0.2, 0.25) is 19.6 Å². The van der Waals surface area contributed by atoms with Crippen molar-refractivity contribution in [1.82, 2.24) is 0 Å². The van der Waals surface area contributed by atoms with Crippen LogP contribution in [-0.4, -0.2) is 8.07 Å². The van der Waals surface area contributed by atoms with E-state index in [2.05, 4.69) is 39.6 Å². The molecule has 0 aromatic carbocycles. The van der Waals surface area contributed by atoms with Gasteiger partial charge >= 0.3 is 0 Å². The van der Waals surface area contributed by atoms with Crippen molar-refractivity contribution in [2.45, 2.75) is 84.9 Å². The summed E-state index contributed by atoms with van der Waals surface area (Å²) >= 11 is 0. The lowest BCUT2D eigenvalue weighted by atomic mass is 10.1. The Morgan fingerprint density at radius 1 is 0.875 bits per heavy atom. The van der Waals surface area contributed by atoms with Gasteiger partial charge in [-0.25, -0.2) is 0 Å². The second-order valence-electron chi connectivity index (χ2n) is 5.93. The third-order valence-electron chi connectivity index (χ3n) is 3.21. The van der Waals surface area contributed by atoms with E-state index >= 15 is 0 Å². The highest BCUT2D eigenvalue weighted by atomic mass is 28.3. The van der Waals surface area contributed by atoms with E-state index in [1.54, 1.807) is 0 Å². The molecule has 0 spiro atoms. The number of unbranched alkanes of at least 4 members (excludes halogenated alkanes) is 5. The minimum absolute atomic E-state index is 1.04. The summed E-state index contributed by atoms with van der Waals surface area (Å²) in [7, 11) is -1.04. The number of hydrogen-bond donors (Lipinski definition) is 0. The maximum atomic E-state index is 2.58. The fraction of sp³-hybridized carbons (Fsp3) is 0.867. The molecule has 0 aliphatic heterocycles. The van der Waals surface area contributed by atoms with Crippen LogP contribution in [0.1, 0.15) is 65.2 Å². The topological polar surface area (TPSA) is 0 Å². The van der Waals surface area contributed by atoms with Crippen LogP contribution >= 0.6 is 0 Å². The molecule has 0 fully saturated rings. The van der Waals surface area contributed by atoms with E-state index in [4.69, 9.17) is 0 Å². The minimum Gasteiger partial charge on any atom is -0.0892 e. The first-order valence-electron chi connectivity index (χ1n) is 7.21. The minimum atomic E-state index is -1.04. The smallest absolute Gasteiger partial charge is 0.0720 e. The normalized spacial score (nSPS) is 13.2. The molecule has 0 radical (unpaired) electrons. The molecular formula is C15H32Si. The average Bonchev–Trinajstić information content (AvgIpc) is 2.20. The van der Waals surface area contributed by atoms with Gasteiger partial charge in [-0.1, -0.05) is 70.4 Å². The maximum absolute atomic E-state index is 2.58. The van der Waals surface area contributed by atoms with E-state index in [9.17, 15) is 0 Å². The van der Waals surface area contributed by atoms with E-state index < -0.39 is 8.07 Å². The quantitative estimate of drug-likeness (QED) is 0.345. The molecule has 0 aliphatic rings. The first-order valence-corrected chi connectivity index (χ1v) is 10.7. The summed E-state index contributed by atoms with van der Waals surface area (Å²) in [5, 5.41) is 1.82. The van der Waals surface area contributed by atoms with Gasteiger partial charge < -0.3 is 0 Å². The molecule has 96 valence electrons. The van der Waals surface area contributed by atoms with Crippen LogP contribution in [0.3, 0.4) is 0 Å². The van der Waals surface area contributed by atoms with Crippen molar-refractivity contribution in [3.8, 4) is 0 Å². The molecular weight excluding hydrogens is 208 g/mol. The molecule has 16 heavy (non-hydrogen) atoms. The molecule has 0 nitrogen and oxygen atoms in total. The van der Waals surface area contributed by atoms with Crippen molar-refractivity contribution in [2.75, 3.05) is 0 Å². The summed E-state index contributed by atoms with van der Waals surface area (Å²) in [5.74, 6) is 0. The summed E-state index contributed by atoms with van der Waals surface area (Å²) in [6, 6.07) is 0. The van der Waals surface area contributed by atoms with E-state index in [-0.39, 0.29) is 0 Å². The highest BCUT2D eigenvalue weighted by molar-refractivity contribution is 6.83. The predicted molar refractivity (Wildman–Crippen MR) is 79.7 cm³/mol. The fourth-order valence-corrected chi connectivity index (χ4v) is 3.70. The second kappa shape index (κ2) is 9.04. The van der Waals surface area contributed by atoms with Crippen molar-refractivity contribution in [3.05, 3.63) is 11.3 Å². The lowest BCUT2D eigenvalue weighted by molar-refractivity contribution is 0.709. The summed E-state index contributed by atoms with van der Waals surface area (Å²) in [6.45, 7) is 12.0. The van der Waals surface area contributed by atoms with Crippen LogP contribution < -0.4 is 0 Å². The molecule has 1 heteroatoms. The maximum Gasteiger partial charge on any atom is 0.0720 e. The molecule has 0 saturated carbocycles. The van der Waals surface area contributed by atoms with Gasteiger partial charge in [0.05, 0.1) is 8.07 Å². The van der Waals surface area contributed by atoms with Crippen molar-refractivity contribution >= 4 is 8.07 Å². The molecule has 0 N–H and O–H groups in total. The van der Waals surface area contributed by atoms with E-state index in [0.717, 1.165) is 0 Å². The van der Waals surface area contributed by atoms with Gasteiger partial charge in [-0.15, -0.1) is 0 Å². The van der Waals surface area contributed by atoms with Gasteiger partial charge in [0.1, 0.15) is 0 Å². The molecule has 0 saturated heterocycles. The highest BCUT2D eigenvalue weighted by Crippen LogP contribution is 2.22. The molecule has 0 heterocycles. The summed E-state index contributed by atoms with van der Waals surface area (Å²) in [4.78, 5) is 0. The Balaban J connectivity index is 4.09. The van der Waals surface area contributed by atoms with E-state index in [0.29, 0.717) is 0 Å². The fourth-order valence-electron chi connectivity index (χ4n) is 2.02. The van der Waals surface area contributed by atoms with Crippen LogP contribution in [0.4, 0.5) is 0 Å². The largest absolute Gasteiger partial charge is 0.0892 e. The SMILES string of the molecule is CCCCC/C=C(\CCCCC)[Si](C)(C)C. The van der Waals surface area contributed by atoms with Crippen molar-refractivity contribution in [1.29, 1.82) is 0 Å². The summed E-state index contributed by atoms with van der Waals surface area (Å²) in [5.41, 5.74) is 0. The molecule has 0 bridgehead atoms. The van der Waals surface area contributed by atoms with Crippen molar-refractivity contribution in [2.24, 2.45) is 0 Å². The first-order chi connectivity index (χ1) is 7.52. The number of rotatable bonds is 9. The number of allylic oxidation sites excluding steroid dienone is 2. The Labute approximate surface area is 105 Å². The van der Waals surface area contributed by atoms with E-state index in [1.807, 2.05) is 5.20 Å². The zero-order chi connectivity index (χ0) is 12.4. The molecule has 0 atom stereocenters. The third kappa shape index (κ3) is 8.15. The summed E-state index contributed by atoms with van der Waals surface area (Å²) in [6.07, 6.45) is 13.5. The van der Waals surface area contributed by atoms with Crippen LogP contribution in [-0.2, 0) is 0 Å². The molecule has 0 aromatic rings. The van der Waals surface area contributed by atoms with Crippen LogP contribution in [0.25, 0.3) is 0 Å². The van der Waals surface area contributed by atoms with Crippen LogP contribution in [0.5, 0.6) is 0 Å². The first kappa shape index (κ1) is 16.0. The van der Waals surface area contributed by atoms with Crippen LogP contribution in [0, 0.1) is 0 Å². The van der Waals surface area contributed by atoms with Crippen molar-refractivity contribution < 1.29 is 0 Å². The van der Waals surface area contributed by atoms with Gasteiger partial charge in [-0.3, -0.25) is 0 Å². The standard InChI is InChI=1S/C15H32Si/c1-6-8-10-12-14-15(16(3,4)5)13-11-9-7-2/h14H,6-13H2,1-5H3/b15-14+. The van der Waals surface area contributed by atoms with Gasteiger partial charge in [0.15, 0.2) is 0 Å². The van der Waals surface area contributed by atoms with Gasteiger partial charge in [0.2, 0.25) is 0 Å². The second-order valence-corrected chi connectivity index (χ2v) is 11.1. The molecule has 0 rings (SSSR count).